The number of aliphatic carboxylic acids is 1. The van der Waals surface area contributed by atoms with E-state index in [2.05, 4.69) is 76.2 Å². The molecule has 0 unspecified atom stereocenters. The van der Waals surface area contributed by atoms with Gasteiger partial charge >= 0.3 is 5.97 Å². The highest BCUT2D eigenvalue weighted by molar-refractivity contribution is 5.86. The van der Waals surface area contributed by atoms with Crippen LogP contribution in [0.3, 0.4) is 0 Å². The lowest BCUT2D eigenvalue weighted by molar-refractivity contribution is -0.131. The summed E-state index contributed by atoms with van der Waals surface area (Å²) < 4.78 is 6.05. The molecule has 1 N–H and O–H groups in total. The zero-order valence-electron chi connectivity index (χ0n) is 18.0. The normalized spacial score (nSPS) is 11.6. The van der Waals surface area contributed by atoms with Crippen molar-refractivity contribution in [2.75, 3.05) is 0 Å². The summed E-state index contributed by atoms with van der Waals surface area (Å²) in [5.74, 6) is -0.331. The minimum absolute atomic E-state index is 0.111. The lowest BCUT2D eigenvalue weighted by atomic mass is 9.87. The average molecular weight is 401 g/mol. The van der Waals surface area contributed by atoms with Crippen LogP contribution in [0.4, 0.5) is 0 Å². The lowest BCUT2D eigenvalue weighted by Gasteiger charge is -2.19. The number of rotatable bonds is 6. The van der Waals surface area contributed by atoms with Crippen molar-refractivity contribution in [3.63, 3.8) is 0 Å². The van der Waals surface area contributed by atoms with Gasteiger partial charge in [0.25, 0.3) is 0 Å². The second-order valence-electron chi connectivity index (χ2n) is 8.53. The Morgan fingerprint density at radius 2 is 1.57 bits per heavy atom. The Morgan fingerprint density at radius 1 is 0.933 bits per heavy atom. The molecule has 3 aromatic carbocycles. The number of hydrogen-bond acceptors (Lipinski definition) is 2. The summed E-state index contributed by atoms with van der Waals surface area (Å²) >= 11 is 0. The highest BCUT2D eigenvalue weighted by Crippen LogP contribution is 2.29. The first-order valence-corrected chi connectivity index (χ1v) is 10.1. The zero-order valence-corrected chi connectivity index (χ0v) is 18.0. The van der Waals surface area contributed by atoms with Crippen LogP contribution in [0.1, 0.15) is 43.0 Å². The topological polar surface area (TPSA) is 46.5 Å². The van der Waals surface area contributed by atoms with Crippen molar-refractivity contribution in [2.45, 2.75) is 39.7 Å². The van der Waals surface area contributed by atoms with E-state index in [1.54, 1.807) is 6.08 Å². The van der Waals surface area contributed by atoms with Gasteiger partial charge in [-0.05, 0) is 52.8 Å². The van der Waals surface area contributed by atoms with Gasteiger partial charge in [-0.25, -0.2) is 4.79 Å². The molecule has 0 fully saturated rings. The fourth-order valence-electron chi connectivity index (χ4n) is 3.16. The summed E-state index contributed by atoms with van der Waals surface area (Å²) in [5, 5.41) is 9.05. The van der Waals surface area contributed by atoms with E-state index in [-0.39, 0.29) is 5.41 Å². The number of benzene rings is 3. The molecule has 0 aliphatic rings. The largest absolute Gasteiger partial charge is 0.488 e. The molecule has 0 heterocycles. The molecule has 0 spiro atoms. The molecule has 0 radical (unpaired) electrons. The van der Waals surface area contributed by atoms with Crippen molar-refractivity contribution in [1.82, 2.24) is 0 Å². The highest BCUT2D eigenvalue weighted by atomic mass is 16.5. The molecule has 0 amide bonds. The Labute approximate surface area is 178 Å². The first kappa shape index (κ1) is 21.4. The minimum atomic E-state index is -0.987. The number of carboxylic acid groups (broad SMARTS) is 1. The summed E-state index contributed by atoms with van der Waals surface area (Å²) in [6.07, 6.45) is 2.72. The molecule has 154 valence electrons. The maximum Gasteiger partial charge on any atom is 0.328 e. The predicted octanol–water partition coefficient (Wildman–Crippen LogP) is 6.64. The molecule has 0 bridgehead atoms. The Morgan fingerprint density at radius 3 is 2.17 bits per heavy atom. The van der Waals surface area contributed by atoms with Gasteiger partial charge in [0.05, 0.1) is 0 Å². The molecule has 3 nitrogen and oxygen atoms in total. The summed E-state index contributed by atoms with van der Waals surface area (Å²) in [4.78, 5) is 11.0. The van der Waals surface area contributed by atoms with Gasteiger partial charge in [0.2, 0.25) is 0 Å². The maximum atomic E-state index is 11.0. The summed E-state index contributed by atoms with van der Waals surface area (Å²) in [6.45, 7) is 9.04. The van der Waals surface area contributed by atoms with E-state index in [9.17, 15) is 4.79 Å². The fourth-order valence-corrected chi connectivity index (χ4v) is 3.16. The summed E-state index contributed by atoms with van der Waals surface area (Å²) in [6, 6.07) is 22.5. The van der Waals surface area contributed by atoms with Crippen molar-refractivity contribution >= 4 is 12.0 Å². The molecule has 3 rings (SSSR count). The summed E-state index contributed by atoms with van der Waals surface area (Å²) in [7, 11) is 0. The zero-order chi connectivity index (χ0) is 21.7. The van der Waals surface area contributed by atoms with Crippen LogP contribution in [0.25, 0.3) is 17.2 Å². The van der Waals surface area contributed by atoms with Crippen molar-refractivity contribution in [1.29, 1.82) is 0 Å². The maximum absolute atomic E-state index is 11.0. The third kappa shape index (κ3) is 5.60. The second kappa shape index (κ2) is 9.00. The standard InChI is InChI=1S/C27H28O3/c1-19-5-9-21(10-6-19)22-11-15-25(23(17-22)12-16-26(28)29)30-18-20-7-13-24(14-8-20)27(2,3)4/h5-17H,18H2,1-4H3,(H,28,29)/b16-12+. The van der Waals surface area contributed by atoms with Gasteiger partial charge in [0, 0.05) is 11.6 Å². The number of aryl methyl sites for hydroxylation is 1. The molecule has 30 heavy (non-hydrogen) atoms. The van der Waals surface area contributed by atoms with Crippen molar-refractivity contribution in [2.24, 2.45) is 0 Å². The lowest BCUT2D eigenvalue weighted by Crippen LogP contribution is -2.10. The average Bonchev–Trinajstić information content (AvgIpc) is 2.71. The van der Waals surface area contributed by atoms with Gasteiger partial charge in [0.1, 0.15) is 12.4 Å². The van der Waals surface area contributed by atoms with E-state index < -0.39 is 5.97 Å². The monoisotopic (exact) mass is 400 g/mol. The van der Waals surface area contributed by atoms with Gasteiger partial charge in [-0.1, -0.05) is 80.9 Å². The van der Waals surface area contributed by atoms with Crippen LogP contribution in [-0.4, -0.2) is 11.1 Å². The molecule has 0 saturated carbocycles. The van der Waals surface area contributed by atoms with E-state index >= 15 is 0 Å². The van der Waals surface area contributed by atoms with Crippen molar-refractivity contribution in [3.8, 4) is 16.9 Å². The van der Waals surface area contributed by atoms with E-state index in [1.807, 2.05) is 18.2 Å². The van der Waals surface area contributed by atoms with Gasteiger partial charge in [-0.2, -0.15) is 0 Å². The van der Waals surface area contributed by atoms with E-state index in [0.717, 1.165) is 28.3 Å². The Hall–Kier alpha value is -3.33. The van der Waals surface area contributed by atoms with Crippen LogP contribution in [0.2, 0.25) is 0 Å². The van der Waals surface area contributed by atoms with Crippen LogP contribution < -0.4 is 4.74 Å². The van der Waals surface area contributed by atoms with Crippen LogP contribution >= 0.6 is 0 Å². The first-order chi connectivity index (χ1) is 14.2. The molecular formula is C27H28O3. The SMILES string of the molecule is Cc1ccc(-c2ccc(OCc3ccc(C(C)(C)C)cc3)c(/C=C/C(=O)O)c2)cc1. The highest BCUT2D eigenvalue weighted by Gasteiger charge is 2.13. The van der Waals surface area contributed by atoms with E-state index in [1.165, 1.54) is 11.1 Å². The molecular weight excluding hydrogens is 372 g/mol. The van der Waals surface area contributed by atoms with Gasteiger partial charge < -0.3 is 9.84 Å². The van der Waals surface area contributed by atoms with Crippen LogP contribution in [0.15, 0.2) is 72.8 Å². The van der Waals surface area contributed by atoms with Gasteiger partial charge in [-0.15, -0.1) is 0 Å². The molecule has 0 aromatic heterocycles. The number of carboxylic acids is 1. The Balaban J connectivity index is 1.84. The molecule has 0 saturated heterocycles. The van der Waals surface area contributed by atoms with Gasteiger partial charge in [0.15, 0.2) is 0 Å². The number of carbonyl (C=O) groups is 1. The fraction of sp³-hybridized carbons (Fsp3) is 0.222. The van der Waals surface area contributed by atoms with Crippen molar-refractivity contribution in [3.05, 3.63) is 95.1 Å². The smallest absolute Gasteiger partial charge is 0.328 e. The van der Waals surface area contributed by atoms with Crippen LogP contribution in [0.5, 0.6) is 5.75 Å². The summed E-state index contributed by atoms with van der Waals surface area (Å²) in [5.41, 5.74) is 6.48. The molecule has 3 aromatic rings. The molecule has 0 aliphatic heterocycles. The quantitative estimate of drug-likeness (QED) is 0.472. The third-order valence-electron chi connectivity index (χ3n) is 5.01. The number of hydrogen-bond donors (Lipinski definition) is 1. The Kier molecular flexibility index (Phi) is 6.41. The van der Waals surface area contributed by atoms with E-state index in [0.29, 0.717) is 12.4 Å². The predicted molar refractivity (Wildman–Crippen MR) is 123 cm³/mol. The molecule has 0 atom stereocenters. The van der Waals surface area contributed by atoms with Gasteiger partial charge in [-0.3, -0.25) is 0 Å². The number of ether oxygens (including phenoxy) is 1. The van der Waals surface area contributed by atoms with Crippen molar-refractivity contribution < 1.29 is 14.6 Å². The van der Waals surface area contributed by atoms with Crippen LogP contribution in [-0.2, 0) is 16.8 Å². The molecule has 3 heteroatoms. The first-order valence-electron chi connectivity index (χ1n) is 10.1. The second-order valence-corrected chi connectivity index (χ2v) is 8.53. The van der Waals surface area contributed by atoms with E-state index in [4.69, 9.17) is 9.84 Å². The Bertz CT molecular complexity index is 1040. The minimum Gasteiger partial charge on any atom is -0.488 e. The molecule has 0 aliphatic carbocycles. The van der Waals surface area contributed by atoms with Crippen LogP contribution in [0, 0.1) is 6.92 Å². The third-order valence-corrected chi connectivity index (χ3v) is 5.01.